The first kappa shape index (κ1) is 30.9. The number of hydrogen-bond acceptors (Lipinski definition) is 5. The Balaban J connectivity index is 1.60. The first-order chi connectivity index (χ1) is 19.5. The van der Waals surface area contributed by atoms with Gasteiger partial charge < -0.3 is 14.4 Å². The maximum atomic E-state index is 13.7. The third kappa shape index (κ3) is 7.84. The maximum Gasteiger partial charge on any atom is 0.573 e. The maximum absolute atomic E-state index is 13.7. The van der Waals surface area contributed by atoms with Gasteiger partial charge in [-0.05, 0) is 67.6 Å². The van der Waals surface area contributed by atoms with Crippen LogP contribution in [0.2, 0.25) is 0 Å². The number of benzene rings is 2. The minimum Gasteiger partial charge on any atom is -0.406 e. The van der Waals surface area contributed by atoms with E-state index in [0.717, 1.165) is 30.3 Å². The highest BCUT2D eigenvalue weighted by molar-refractivity contribution is 6.00. The van der Waals surface area contributed by atoms with E-state index in [1.165, 1.54) is 41.3 Å². The van der Waals surface area contributed by atoms with Gasteiger partial charge in [-0.3, -0.25) is 9.69 Å². The quantitative estimate of drug-likeness (QED) is 0.261. The van der Waals surface area contributed by atoms with Gasteiger partial charge in [-0.1, -0.05) is 18.2 Å². The average molecular weight is 607 g/mol. The first-order valence-electron chi connectivity index (χ1n) is 12.3. The van der Waals surface area contributed by atoms with Gasteiger partial charge in [-0.25, -0.2) is 4.98 Å². The first-order valence-corrected chi connectivity index (χ1v) is 12.3. The smallest absolute Gasteiger partial charge is 0.406 e. The standard InChI is InChI=1S/C27H22F9N3O3/c1-38(13-12-17-5-3-7-23(37-17)25(28,29)30)22-15-21(16-4-2-6-20(14-16)42-27(34,35)36)39(24(22)40)18-8-10-19(11-9-18)41-26(31,32)33/h2-11,14,21-22H,12-13,15H2,1H3/t21-,22-/m1/s1. The highest BCUT2D eigenvalue weighted by Crippen LogP contribution is 2.41. The number of carbonyl (C=O) groups is 1. The van der Waals surface area contributed by atoms with E-state index < -0.39 is 54.1 Å². The molecule has 0 aliphatic carbocycles. The van der Waals surface area contributed by atoms with Crippen LogP contribution in [0.1, 0.15) is 29.4 Å². The molecule has 0 saturated carbocycles. The number of aromatic nitrogens is 1. The molecule has 1 fully saturated rings. The SMILES string of the molecule is CN(CCc1cccc(C(F)(F)F)n1)[C@@H]1C[C@H](c2cccc(OC(F)(F)F)c2)N(c2ccc(OC(F)(F)F)cc2)C1=O. The normalized spacial score (nSPS) is 18.1. The van der Waals surface area contributed by atoms with E-state index in [2.05, 4.69) is 14.5 Å². The molecule has 0 bridgehead atoms. The second kappa shape index (κ2) is 11.7. The van der Waals surface area contributed by atoms with Crippen LogP contribution in [0.5, 0.6) is 11.5 Å². The number of carbonyl (C=O) groups excluding carboxylic acids is 1. The van der Waals surface area contributed by atoms with E-state index >= 15 is 0 Å². The van der Waals surface area contributed by atoms with Gasteiger partial charge in [-0.2, -0.15) is 13.2 Å². The highest BCUT2D eigenvalue weighted by Gasteiger charge is 2.43. The van der Waals surface area contributed by atoms with Crippen molar-refractivity contribution >= 4 is 11.6 Å². The lowest BCUT2D eigenvalue weighted by Crippen LogP contribution is -2.40. The number of amides is 1. The molecule has 42 heavy (non-hydrogen) atoms. The number of ether oxygens (including phenoxy) is 2. The second-order valence-electron chi connectivity index (χ2n) is 9.38. The third-order valence-electron chi connectivity index (χ3n) is 6.46. The van der Waals surface area contributed by atoms with E-state index in [1.807, 2.05) is 0 Å². The Hall–Kier alpha value is -4.01. The van der Waals surface area contributed by atoms with Gasteiger partial charge in [0, 0.05) is 24.3 Å². The molecule has 1 amide bonds. The van der Waals surface area contributed by atoms with E-state index in [1.54, 1.807) is 11.9 Å². The van der Waals surface area contributed by atoms with Crippen LogP contribution in [0.4, 0.5) is 45.2 Å². The van der Waals surface area contributed by atoms with Gasteiger partial charge >= 0.3 is 18.9 Å². The minimum absolute atomic E-state index is 0.0433. The molecule has 226 valence electrons. The zero-order chi connectivity index (χ0) is 30.9. The molecule has 0 radical (unpaired) electrons. The lowest BCUT2D eigenvalue weighted by atomic mass is 10.0. The fourth-order valence-corrected chi connectivity index (χ4v) is 4.64. The summed E-state index contributed by atoms with van der Waals surface area (Å²) in [6, 6.07) is 11.1. The third-order valence-corrected chi connectivity index (χ3v) is 6.46. The van der Waals surface area contributed by atoms with Crippen LogP contribution in [0.25, 0.3) is 0 Å². The molecule has 2 heterocycles. The van der Waals surface area contributed by atoms with Gasteiger partial charge in [0.25, 0.3) is 0 Å². The van der Waals surface area contributed by atoms with Crippen LogP contribution in [-0.2, 0) is 17.4 Å². The number of likely N-dealkylation sites (N-methyl/N-ethyl adjacent to an activating group) is 1. The Labute approximate surface area is 233 Å². The Morgan fingerprint density at radius 1 is 0.857 bits per heavy atom. The summed E-state index contributed by atoms with van der Waals surface area (Å²) in [4.78, 5) is 20.1. The number of pyridine rings is 1. The van der Waals surface area contributed by atoms with Gasteiger partial charge in [0.05, 0.1) is 12.1 Å². The molecule has 2 aromatic carbocycles. The summed E-state index contributed by atoms with van der Waals surface area (Å²) in [6.07, 6.45) is -14.5. The molecule has 0 spiro atoms. The summed E-state index contributed by atoms with van der Waals surface area (Å²) in [7, 11) is 1.56. The predicted molar refractivity (Wildman–Crippen MR) is 130 cm³/mol. The van der Waals surface area contributed by atoms with Crippen molar-refractivity contribution in [2.45, 2.75) is 43.8 Å². The van der Waals surface area contributed by atoms with Crippen molar-refractivity contribution in [3.05, 3.63) is 83.7 Å². The molecule has 4 rings (SSSR count). The number of rotatable bonds is 8. The van der Waals surface area contributed by atoms with Gasteiger partial charge in [-0.15, -0.1) is 26.3 Å². The van der Waals surface area contributed by atoms with Crippen molar-refractivity contribution in [1.82, 2.24) is 9.88 Å². The molecule has 0 unspecified atom stereocenters. The lowest BCUT2D eigenvalue weighted by Gasteiger charge is -2.26. The van der Waals surface area contributed by atoms with Crippen molar-refractivity contribution in [3.8, 4) is 11.5 Å². The van der Waals surface area contributed by atoms with Crippen LogP contribution in [0.15, 0.2) is 66.7 Å². The van der Waals surface area contributed by atoms with Gasteiger partial charge in [0.2, 0.25) is 5.91 Å². The molecule has 15 heteroatoms. The molecule has 0 N–H and O–H groups in total. The Bertz CT molecular complexity index is 1390. The molecule has 1 saturated heterocycles. The largest absolute Gasteiger partial charge is 0.573 e. The summed E-state index contributed by atoms with van der Waals surface area (Å²) in [6.45, 7) is 0.0981. The fraction of sp³-hybridized carbons (Fsp3) is 0.333. The summed E-state index contributed by atoms with van der Waals surface area (Å²) < 4.78 is 123. The summed E-state index contributed by atoms with van der Waals surface area (Å²) in [5.74, 6) is -1.60. The molecular weight excluding hydrogens is 585 g/mol. The molecule has 1 aromatic heterocycles. The molecule has 1 aliphatic heterocycles. The van der Waals surface area contributed by atoms with E-state index in [-0.39, 0.29) is 36.3 Å². The minimum atomic E-state index is -4.97. The van der Waals surface area contributed by atoms with E-state index in [4.69, 9.17) is 0 Å². The number of nitrogens with zero attached hydrogens (tertiary/aromatic N) is 3. The van der Waals surface area contributed by atoms with Crippen LogP contribution < -0.4 is 14.4 Å². The number of anilines is 1. The van der Waals surface area contributed by atoms with Gasteiger partial charge in [0.1, 0.15) is 17.2 Å². The molecule has 1 aliphatic rings. The average Bonchev–Trinajstić information content (AvgIpc) is 3.23. The van der Waals surface area contributed by atoms with Crippen LogP contribution in [-0.4, -0.2) is 48.2 Å². The summed E-state index contributed by atoms with van der Waals surface area (Å²) in [5.41, 5.74) is -0.522. The number of halogens is 9. The topological polar surface area (TPSA) is 54.9 Å². The Morgan fingerprint density at radius 3 is 2.10 bits per heavy atom. The Kier molecular flexibility index (Phi) is 8.62. The second-order valence-corrected chi connectivity index (χ2v) is 9.38. The van der Waals surface area contributed by atoms with Crippen LogP contribution >= 0.6 is 0 Å². The predicted octanol–water partition coefficient (Wildman–Crippen LogP) is 6.92. The highest BCUT2D eigenvalue weighted by atomic mass is 19.4. The number of hydrogen-bond donors (Lipinski definition) is 0. The fourth-order valence-electron chi connectivity index (χ4n) is 4.64. The van der Waals surface area contributed by atoms with Gasteiger partial charge in [0.15, 0.2) is 0 Å². The zero-order valence-electron chi connectivity index (χ0n) is 21.6. The molecule has 3 aromatic rings. The van der Waals surface area contributed by atoms with Crippen molar-refractivity contribution < 1.29 is 53.8 Å². The van der Waals surface area contributed by atoms with E-state index in [0.29, 0.717) is 0 Å². The summed E-state index contributed by atoms with van der Waals surface area (Å²) >= 11 is 0. The zero-order valence-corrected chi connectivity index (χ0v) is 21.6. The van der Waals surface area contributed by atoms with Crippen molar-refractivity contribution in [3.63, 3.8) is 0 Å². The molecular formula is C27H22F9N3O3. The summed E-state index contributed by atoms with van der Waals surface area (Å²) in [5, 5.41) is 0. The molecule has 2 atom stereocenters. The Morgan fingerprint density at radius 2 is 1.48 bits per heavy atom. The molecule has 6 nitrogen and oxygen atoms in total. The lowest BCUT2D eigenvalue weighted by molar-refractivity contribution is -0.275. The van der Waals surface area contributed by atoms with Crippen LogP contribution in [0, 0.1) is 0 Å². The van der Waals surface area contributed by atoms with Crippen LogP contribution in [0.3, 0.4) is 0 Å². The van der Waals surface area contributed by atoms with Crippen molar-refractivity contribution in [2.24, 2.45) is 0 Å². The number of alkyl halides is 9. The van der Waals surface area contributed by atoms with E-state index in [9.17, 15) is 44.3 Å². The monoisotopic (exact) mass is 607 g/mol. The van der Waals surface area contributed by atoms with Crippen molar-refractivity contribution in [1.29, 1.82) is 0 Å². The van der Waals surface area contributed by atoms with Crippen molar-refractivity contribution in [2.75, 3.05) is 18.5 Å².